The molecule has 3 aliphatic rings. The van der Waals surface area contributed by atoms with Crippen LogP contribution in [-0.2, 0) is 24.0 Å². The van der Waals surface area contributed by atoms with Gasteiger partial charge in [0.15, 0.2) is 0 Å². The van der Waals surface area contributed by atoms with Crippen LogP contribution >= 0.6 is 0 Å². The first-order valence-electron chi connectivity index (χ1n) is 7.45. The minimum Gasteiger partial charge on any atom is -0.272 e. The highest BCUT2D eigenvalue weighted by Crippen LogP contribution is 2.66. The van der Waals surface area contributed by atoms with E-state index in [0.29, 0.717) is 11.0 Å². The van der Waals surface area contributed by atoms with E-state index in [9.17, 15) is 18.0 Å². The fourth-order valence-electron chi connectivity index (χ4n) is 4.42. The largest absolute Gasteiger partial charge is 0.289 e. The van der Waals surface area contributed by atoms with Crippen molar-refractivity contribution in [1.29, 1.82) is 0 Å². The number of fused-ring (bicyclic) bond motifs is 2. The predicted octanol–water partition coefficient (Wildman–Crippen LogP) is 1.61. The zero-order chi connectivity index (χ0) is 15.5. The normalized spacial score (nSPS) is 35.0. The highest BCUT2D eigenvalue weighted by Gasteiger charge is 2.60. The molecule has 2 saturated carbocycles. The van der Waals surface area contributed by atoms with Crippen LogP contribution in [0.3, 0.4) is 0 Å². The number of hydrogen-bond donors (Lipinski definition) is 0. The van der Waals surface area contributed by atoms with E-state index in [4.69, 9.17) is 4.28 Å². The van der Waals surface area contributed by atoms with E-state index in [2.05, 4.69) is 13.8 Å². The summed E-state index contributed by atoms with van der Waals surface area (Å²) < 4.78 is 29.5. The van der Waals surface area contributed by atoms with E-state index in [1.54, 1.807) is 0 Å². The Labute approximate surface area is 124 Å². The average Bonchev–Trinajstić information content (AvgIpc) is 2.90. The first-order chi connectivity index (χ1) is 9.67. The monoisotopic (exact) mass is 315 g/mol. The third kappa shape index (κ3) is 2.21. The highest BCUT2D eigenvalue weighted by molar-refractivity contribution is 7.86. The Kier molecular flexibility index (Phi) is 3.22. The first kappa shape index (κ1) is 15.0. The molecule has 1 aliphatic heterocycles. The van der Waals surface area contributed by atoms with Crippen molar-refractivity contribution in [3.63, 3.8) is 0 Å². The molecule has 0 aromatic rings. The maximum absolute atomic E-state index is 12.3. The van der Waals surface area contributed by atoms with E-state index in [1.807, 2.05) is 0 Å². The van der Waals surface area contributed by atoms with E-state index in [0.717, 1.165) is 25.7 Å². The summed E-state index contributed by atoms with van der Waals surface area (Å²) in [6, 6.07) is 0. The molecule has 3 fully saturated rings. The first-order valence-corrected chi connectivity index (χ1v) is 9.03. The lowest BCUT2D eigenvalue weighted by Crippen LogP contribution is -2.41. The van der Waals surface area contributed by atoms with Gasteiger partial charge in [-0.3, -0.25) is 9.59 Å². The van der Waals surface area contributed by atoms with Crippen molar-refractivity contribution in [2.24, 2.45) is 16.7 Å². The van der Waals surface area contributed by atoms with Gasteiger partial charge in [-0.1, -0.05) is 13.8 Å². The quantitative estimate of drug-likeness (QED) is 0.736. The molecule has 0 aromatic heterocycles. The van der Waals surface area contributed by atoms with Gasteiger partial charge in [-0.2, -0.15) is 8.42 Å². The third-order valence-electron chi connectivity index (χ3n) is 5.98. The standard InChI is InChI=1S/C14H21NO5S/c1-13(2)10-5-7-14(13,8-6-10)9-21(18,19)20-15-11(16)3-4-12(15)17/h10H,3-9H2,1-2H3. The van der Waals surface area contributed by atoms with Gasteiger partial charge in [0.2, 0.25) is 0 Å². The van der Waals surface area contributed by atoms with Crippen LogP contribution < -0.4 is 0 Å². The van der Waals surface area contributed by atoms with Gasteiger partial charge in [-0.25, -0.2) is 0 Å². The SMILES string of the molecule is CC1(C)C2CCC1(CS(=O)(=O)ON1C(=O)CCC1=O)CC2. The molecule has 21 heavy (non-hydrogen) atoms. The second kappa shape index (κ2) is 4.52. The van der Waals surface area contributed by atoms with Crippen LogP contribution in [0, 0.1) is 16.7 Å². The molecule has 2 amide bonds. The minimum atomic E-state index is -3.94. The van der Waals surface area contributed by atoms with Gasteiger partial charge in [0, 0.05) is 12.8 Å². The van der Waals surface area contributed by atoms with Gasteiger partial charge in [0.25, 0.3) is 21.9 Å². The van der Waals surface area contributed by atoms with Crippen LogP contribution in [0.15, 0.2) is 0 Å². The summed E-state index contributed by atoms with van der Waals surface area (Å²) in [5.74, 6) is -0.699. The van der Waals surface area contributed by atoms with Gasteiger partial charge in [-0.15, -0.1) is 9.35 Å². The summed E-state index contributed by atoms with van der Waals surface area (Å²) in [5.41, 5.74) is -0.329. The molecule has 0 radical (unpaired) electrons. The lowest BCUT2D eigenvalue weighted by Gasteiger charge is -2.37. The summed E-state index contributed by atoms with van der Waals surface area (Å²) in [5, 5.41) is 0.431. The smallest absolute Gasteiger partial charge is 0.272 e. The summed E-state index contributed by atoms with van der Waals surface area (Å²) in [6.07, 6.45) is 3.87. The molecule has 0 spiro atoms. The van der Waals surface area contributed by atoms with Crippen molar-refractivity contribution >= 4 is 21.9 Å². The summed E-state index contributed by atoms with van der Waals surface area (Å²) in [4.78, 5) is 23.0. The topological polar surface area (TPSA) is 80.8 Å². The molecule has 3 rings (SSSR count). The zero-order valence-corrected chi connectivity index (χ0v) is 13.2. The summed E-state index contributed by atoms with van der Waals surface area (Å²) in [6.45, 7) is 4.25. The Hall–Kier alpha value is -0.950. The van der Waals surface area contributed by atoms with Gasteiger partial charge in [0.1, 0.15) is 0 Å². The van der Waals surface area contributed by atoms with E-state index in [1.165, 1.54) is 0 Å². The fourth-order valence-corrected chi connectivity index (χ4v) is 6.20. The maximum atomic E-state index is 12.3. The van der Waals surface area contributed by atoms with E-state index >= 15 is 0 Å². The molecular formula is C14H21NO5S. The Balaban J connectivity index is 1.78. The number of hydrogen-bond acceptors (Lipinski definition) is 5. The van der Waals surface area contributed by atoms with Crippen molar-refractivity contribution < 1.29 is 22.3 Å². The van der Waals surface area contributed by atoms with Crippen molar-refractivity contribution in [1.82, 2.24) is 5.06 Å². The van der Waals surface area contributed by atoms with E-state index in [-0.39, 0.29) is 29.4 Å². The van der Waals surface area contributed by atoms with Crippen molar-refractivity contribution in [2.75, 3.05) is 5.75 Å². The van der Waals surface area contributed by atoms with Crippen LogP contribution in [0.2, 0.25) is 0 Å². The number of carbonyl (C=O) groups is 2. The van der Waals surface area contributed by atoms with Crippen molar-refractivity contribution in [2.45, 2.75) is 52.4 Å². The van der Waals surface area contributed by atoms with Gasteiger partial charge in [0.05, 0.1) is 5.75 Å². The number of amides is 2. The molecule has 0 N–H and O–H groups in total. The van der Waals surface area contributed by atoms with Crippen LogP contribution in [-0.4, -0.2) is 31.0 Å². The lowest BCUT2D eigenvalue weighted by molar-refractivity contribution is -0.163. The second-order valence-electron chi connectivity index (χ2n) is 7.13. The molecule has 0 atom stereocenters. The van der Waals surface area contributed by atoms with Gasteiger partial charge >= 0.3 is 0 Å². The van der Waals surface area contributed by atoms with Crippen LogP contribution in [0.4, 0.5) is 0 Å². The molecule has 1 saturated heterocycles. The second-order valence-corrected chi connectivity index (χ2v) is 8.69. The molecule has 2 bridgehead atoms. The molecular weight excluding hydrogens is 294 g/mol. The highest BCUT2D eigenvalue weighted by atomic mass is 32.2. The average molecular weight is 315 g/mol. The molecule has 0 aromatic carbocycles. The number of imide groups is 1. The summed E-state index contributed by atoms with van der Waals surface area (Å²) in [7, 11) is -3.94. The Morgan fingerprint density at radius 3 is 2.10 bits per heavy atom. The Bertz CT molecular complexity index is 570. The Morgan fingerprint density at radius 2 is 1.67 bits per heavy atom. The number of rotatable bonds is 4. The van der Waals surface area contributed by atoms with Crippen LogP contribution in [0.1, 0.15) is 52.4 Å². The number of carbonyl (C=O) groups excluding carboxylic acids is 2. The lowest BCUT2D eigenvalue weighted by atomic mass is 9.71. The van der Waals surface area contributed by atoms with Crippen molar-refractivity contribution in [3.05, 3.63) is 0 Å². The van der Waals surface area contributed by atoms with Gasteiger partial charge < -0.3 is 0 Å². The molecule has 1 heterocycles. The molecule has 118 valence electrons. The fraction of sp³-hybridized carbons (Fsp3) is 0.857. The van der Waals surface area contributed by atoms with Crippen LogP contribution in [0.25, 0.3) is 0 Å². The molecule has 0 unspecified atom stereocenters. The zero-order valence-electron chi connectivity index (χ0n) is 12.4. The molecule has 2 aliphatic carbocycles. The van der Waals surface area contributed by atoms with Gasteiger partial charge in [-0.05, 0) is 42.4 Å². The summed E-state index contributed by atoms with van der Waals surface area (Å²) >= 11 is 0. The maximum Gasteiger partial charge on any atom is 0.289 e. The van der Waals surface area contributed by atoms with Crippen LogP contribution in [0.5, 0.6) is 0 Å². The number of hydroxylamine groups is 2. The number of nitrogens with zero attached hydrogens (tertiary/aromatic N) is 1. The third-order valence-corrected chi connectivity index (χ3v) is 7.26. The Morgan fingerprint density at radius 1 is 1.14 bits per heavy atom. The molecule has 6 nitrogen and oxygen atoms in total. The van der Waals surface area contributed by atoms with Crippen molar-refractivity contribution in [3.8, 4) is 0 Å². The van der Waals surface area contributed by atoms with E-state index < -0.39 is 21.9 Å². The minimum absolute atomic E-state index is 0.0209. The predicted molar refractivity (Wildman–Crippen MR) is 74.1 cm³/mol. The molecule has 7 heteroatoms.